The third-order valence-corrected chi connectivity index (χ3v) is 23.0. The van der Waals surface area contributed by atoms with Gasteiger partial charge in [-0.05, 0) is 167 Å². The molecular formula is C100H95BN4. The zero-order chi connectivity index (χ0) is 73.1. The predicted octanol–water partition coefficient (Wildman–Crippen LogP) is 25.7. The van der Waals surface area contributed by atoms with Gasteiger partial charge in [-0.25, -0.2) is 0 Å². The number of nitrogens with zero attached hydrogens (tertiary/aromatic N) is 4. The second kappa shape index (κ2) is 24.4. The third kappa shape index (κ3) is 11.0. The summed E-state index contributed by atoms with van der Waals surface area (Å²) < 4.78 is 5.27. The number of aromatic nitrogens is 2. The van der Waals surface area contributed by atoms with E-state index < -0.39 is 0 Å². The molecule has 4 nitrogen and oxygen atoms in total. The second-order valence-corrected chi connectivity index (χ2v) is 35.0. The zero-order valence-corrected chi connectivity index (χ0v) is 64.3. The Morgan fingerprint density at radius 2 is 0.505 bits per heavy atom. The van der Waals surface area contributed by atoms with Crippen LogP contribution in [0.5, 0.6) is 0 Å². The van der Waals surface area contributed by atoms with Crippen molar-refractivity contribution in [2.24, 2.45) is 0 Å². The van der Waals surface area contributed by atoms with Crippen molar-refractivity contribution in [3.63, 3.8) is 0 Å². The maximum absolute atomic E-state index is 2.77. The van der Waals surface area contributed by atoms with E-state index in [1.807, 2.05) is 0 Å². The van der Waals surface area contributed by atoms with E-state index in [9.17, 15) is 0 Å². The maximum atomic E-state index is 2.77. The Bertz CT molecular complexity index is 5380. The summed E-state index contributed by atoms with van der Waals surface area (Å²) in [5.41, 5.74) is 35.4. The lowest BCUT2D eigenvalue weighted by Crippen LogP contribution is -2.62. The maximum Gasteiger partial charge on any atom is 0.252 e. The van der Waals surface area contributed by atoms with Gasteiger partial charge in [0, 0.05) is 66.5 Å². The quantitative estimate of drug-likeness (QED) is 0.141. The van der Waals surface area contributed by atoms with Crippen LogP contribution >= 0.6 is 0 Å². The van der Waals surface area contributed by atoms with Crippen LogP contribution in [0, 0.1) is 13.8 Å². The van der Waals surface area contributed by atoms with Gasteiger partial charge >= 0.3 is 0 Å². The Morgan fingerprint density at radius 1 is 0.238 bits per heavy atom. The summed E-state index contributed by atoms with van der Waals surface area (Å²) in [6.07, 6.45) is 0. The summed E-state index contributed by atoms with van der Waals surface area (Å²) >= 11 is 0. The Kier molecular flexibility index (Phi) is 15.6. The summed E-state index contributed by atoms with van der Waals surface area (Å²) in [7, 11) is 0. The SMILES string of the molecule is Cc1c(-n2c3cc(C(C)(C)C)ccc3c3ccc(C(C)(C)C)cc32)ccc2c1N(c1c(-c3ccccc3)cccc1-c1ccccc1)c1cc(C(C)(C)C)cc3c1B2c1ccc(-n2c4cc(C(C)(C)C)ccc4c4ccc(C(C)(C)C)cc42)c(C)c1N3c1c(-c2ccccc2)cccc1-c1ccccc1. The molecule has 0 fully saturated rings. The molecule has 17 rings (SSSR count). The van der Waals surface area contributed by atoms with Crippen LogP contribution in [-0.4, -0.2) is 15.8 Å². The van der Waals surface area contributed by atoms with Crippen molar-refractivity contribution in [2.75, 3.05) is 9.80 Å². The molecule has 0 aliphatic carbocycles. The molecule has 0 saturated heterocycles. The van der Waals surface area contributed by atoms with Crippen molar-refractivity contribution >= 4 is 101 Å². The first-order chi connectivity index (χ1) is 50.1. The van der Waals surface area contributed by atoms with Crippen LogP contribution in [-0.2, 0) is 27.1 Å². The fraction of sp³-hybridized carbons (Fsp3) is 0.220. The van der Waals surface area contributed by atoms with E-state index in [4.69, 9.17) is 0 Å². The van der Waals surface area contributed by atoms with E-state index in [2.05, 4.69) is 404 Å². The highest BCUT2D eigenvalue weighted by Crippen LogP contribution is 2.56. The van der Waals surface area contributed by atoms with Crippen molar-refractivity contribution in [1.82, 2.24) is 9.13 Å². The summed E-state index contributed by atoms with van der Waals surface area (Å²) in [6.45, 7) is 40.0. The van der Waals surface area contributed by atoms with Crippen LogP contribution in [0.15, 0.2) is 267 Å². The number of anilines is 6. The van der Waals surface area contributed by atoms with E-state index in [-0.39, 0.29) is 33.8 Å². The van der Waals surface area contributed by atoms with Gasteiger partial charge in [-0.15, -0.1) is 0 Å². The minimum Gasteiger partial charge on any atom is -0.310 e. The highest BCUT2D eigenvalue weighted by Gasteiger charge is 2.48. The summed E-state index contributed by atoms with van der Waals surface area (Å²) in [5.74, 6) is 0. The highest BCUT2D eigenvalue weighted by molar-refractivity contribution is 7.00. The van der Waals surface area contributed by atoms with Crippen LogP contribution in [0.4, 0.5) is 34.1 Å². The molecule has 0 spiro atoms. The molecule has 0 radical (unpaired) electrons. The molecule has 4 heterocycles. The lowest BCUT2D eigenvalue weighted by molar-refractivity contribution is 0.590. The number of fused-ring (bicyclic) bond motifs is 10. The smallest absolute Gasteiger partial charge is 0.252 e. The van der Waals surface area contributed by atoms with Gasteiger partial charge < -0.3 is 18.9 Å². The highest BCUT2D eigenvalue weighted by atomic mass is 15.2. The fourth-order valence-electron chi connectivity index (χ4n) is 17.3. The van der Waals surface area contributed by atoms with Gasteiger partial charge in [-0.3, -0.25) is 0 Å². The predicted molar refractivity (Wildman–Crippen MR) is 454 cm³/mol. The lowest BCUT2D eigenvalue weighted by atomic mass is 9.33. The molecule has 2 aromatic heterocycles. The van der Waals surface area contributed by atoms with Crippen molar-refractivity contribution < 1.29 is 0 Å². The standard InChI is InChI=1S/C100H95BN4/c1-62-83(102-85-56-68(96(3,4)5)44-48-77(85)78-49-45-69(57-86(78)102)97(6,7)8)54-52-81-92(62)104(94-73(64-32-22-18-23-33-64)40-30-41-74(94)65-34-24-19-25-35-65)89-60-72(100(15,16)17)61-90-91(89)101(81)82-53-55-84(103-87-58-70(98(9,10)11)46-50-79(87)80-51-47-71(59-88(80)103)99(12,13)14)63(2)93(82)105(90)95-75(66-36-26-20-27-37-66)42-31-43-76(95)67-38-28-21-29-39-67/h18-61H,1-17H3. The Balaban J connectivity index is 1.08. The van der Waals surface area contributed by atoms with Crippen molar-refractivity contribution in [3.05, 3.63) is 306 Å². The average Bonchev–Trinajstić information content (AvgIpc) is 0.963. The molecule has 15 aromatic rings. The molecule has 0 bridgehead atoms. The molecule has 518 valence electrons. The molecule has 2 aliphatic heterocycles. The number of hydrogen-bond donors (Lipinski definition) is 0. The van der Waals surface area contributed by atoms with Crippen LogP contribution in [0.3, 0.4) is 0 Å². The lowest BCUT2D eigenvalue weighted by Gasteiger charge is -2.47. The van der Waals surface area contributed by atoms with Gasteiger partial charge in [-0.2, -0.15) is 0 Å². The van der Waals surface area contributed by atoms with E-state index in [0.717, 1.165) is 67.3 Å². The number of rotatable bonds is 8. The molecular weight excluding hydrogens is 1270 g/mol. The van der Waals surface area contributed by atoms with Gasteiger partial charge in [0.15, 0.2) is 0 Å². The molecule has 0 saturated carbocycles. The van der Waals surface area contributed by atoms with Crippen LogP contribution < -0.4 is 26.2 Å². The molecule has 0 amide bonds. The number of benzene rings is 13. The molecule has 0 unspecified atom stereocenters. The molecule has 5 heteroatoms. The third-order valence-electron chi connectivity index (χ3n) is 23.0. The molecule has 13 aromatic carbocycles. The van der Waals surface area contributed by atoms with E-state index in [1.54, 1.807) is 0 Å². The van der Waals surface area contributed by atoms with Crippen LogP contribution in [0.2, 0.25) is 0 Å². The second-order valence-electron chi connectivity index (χ2n) is 35.0. The monoisotopic (exact) mass is 1360 g/mol. The van der Waals surface area contributed by atoms with Gasteiger partial charge in [-0.1, -0.05) is 322 Å². The normalized spacial score (nSPS) is 13.3. The minimum absolute atomic E-state index is 0.0923. The van der Waals surface area contributed by atoms with Crippen molar-refractivity contribution in [2.45, 2.75) is 145 Å². The largest absolute Gasteiger partial charge is 0.310 e. The minimum atomic E-state index is -0.327. The first-order valence-corrected chi connectivity index (χ1v) is 37.9. The zero-order valence-electron chi connectivity index (χ0n) is 64.3. The summed E-state index contributed by atoms with van der Waals surface area (Å²) in [4.78, 5) is 5.53. The average molecular weight is 1360 g/mol. The molecule has 0 atom stereocenters. The van der Waals surface area contributed by atoms with Crippen LogP contribution in [0.1, 0.15) is 143 Å². The van der Waals surface area contributed by atoms with Gasteiger partial charge in [0.1, 0.15) is 0 Å². The topological polar surface area (TPSA) is 16.3 Å². The van der Waals surface area contributed by atoms with Gasteiger partial charge in [0.25, 0.3) is 6.71 Å². The fourth-order valence-corrected chi connectivity index (χ4v) is 17.3. The van der Waals surface area contributed by atoms with E-state index >= 15 is 0 Å². The summed E-state index contributed by atoms with van der Waals surface area (Å²) in [5, 5.41) is 5.01. The van der Waals surface area contributed by atoms with E-state index in [1.165, 1.54) is 122 Å². The molecule has 0 N–H and O–H groups in total. The Morgan fingerprint density at radius 3 is 0.762 bits per heavy atom. The van der Waals surface area contributed by atoms with Gasteiger partial charge in [0.2, 0.25) is 0 Å². The number of para-hydroxylation sites is 2. The van der Waals surface area contributed by atoms with Crippen molar-refractivity contribution in [1.29, 1.82) is 0 Å². The number of hydrogen-bond acceptors (Lipinski definition) is 2. The van der Waals surface area contributed by atoms with Crippen molar-refractivity contribution in [3.8, 4) is 55.9 Å². The first-order valence-electron chi connectivity index (χ1n) is 37.9. The Labute approximate surface area is 622 Å². The van der Waals surface area contributed by atoms with Gasteiger partial charge in [0.05, 0.1) is 44.8 Å². The first kappa shape index (κ1) is 67.3. The Hall–Kier alpha value is -10.9. The molecule has 2 aliphatic rings. The van der Waals surface area contributed by atoms with Crippen LogP contribution in [0.25, 0.3) is 99.5 Å². The molecule has 105 heavy (non-hydrogen) atoms. The van der Waals surface area contributed by atoms with E-state index in [0.29, 0.717) is 0 Å². The summed E-state index contributed by atoms with van der Waals surface area (Å²) in [6, 6.07) is 103.